The minimum Gasteiger partial charge on any atom is -0.364 e. The normalized spacial score (nSPS) is 21.5. The molecule has 0 aliphatic carbocycles. The van der Waals surface area contributed by atoms with Gasteiger partial charge in [-0.1, -0.05) is 60.7 Å². The van der Waals surface area contributed by atoms with Crippen LogP contribution in [0.3, 0.4) is 0 Å². The molecule has 3 atom stereocenters. The van der Waals surface area contributed by atoms with Crippen molar-refractivity contribution in [1.82, 2.24) is 9.88 Å². The second kappa shape index (κ2) is 5.82. The van der Waals surface area contributed by atoms with Gasteiger partial charge < -0.3 is 4.98 Å². The van der Waals surface area contributed by atoms with Crippen molar-refractivity contribution in [2.75, 3.05) is 6.54 Å². The molecule has 1 aliphatic rings. The first-order valence-corrected chi connectivity index (χ1v) is 7.90. The van der Waals surface area contributed by atoms with Crippen molar-refractivity contribution in [2.24, 2.45) is 0 Å². The highest BCUT2D eigenvalue weighted by molar-refractivity contribution is 5.27. The number of nitrogens with one attached hydrogen (secondary N) is 1. The zero-order chi connectivity index (χ0) is 14.8. The molecule has 1 unspecified atom stereocenters. The van der Waals surface area contributed by atoms with Gasteiger partial charge in [-0.05, 0) is 29.7 Å². The van der Waals surface area contributed by atoms with Gasteiger partial charge in [0.1, 0.15) is 0 Å². The smallest absolute Gasteiger partial charge is 0.0546 e. The van der Waals surface area contributed by atoms with E-state index in [0.717, 1.165) is 13.0 Å². The highest BCUT2D eigenvalue weighted by Crippen LogP contribution is 2.43. The molecule has 1 aromatic heterocycles. The van der Waals surface area contributed by atoms with E-state index in [1.807, 2.05) is 6.20 Å². The van der Waals surface area contributed by atoms with Crippen molar-refractivity contribution >= 4 is 0 Å². The summed E-state index contributed by atoms with van der Waals surface area (Å²) in [7, 11) is 0. The summed E-state index contributed by atoms with van der Waals surface area (Å²) in [4.78, 5) is 5.99. The zero-order valence-electron chi connectivity index (χ0n) is 12.5. The Labute approximate surface area is 131 Å². The van der Waals surface area contributed by atoms with Crippen LogP contribution in [-0.2, 0) is 6.42 Å². The first kappa shape index (κ1) is 13.4. The van der Waals surface area contributed by atoms with Crippen molar-refractivity contribution < 1.29 is 0 Å². The summed E-state index contributed by atoms with van der Waals surface area (Å²) in [6.07, 6.45) is 3.07. The molecule has 3 aromatic rings. The van der Waals surface area contributed by atoms with Crippen LogP contribution < -0.4 is 0 Å². The molecule has 22 heavy (non-hydrogen) atoms. The number of aromatic nitrogens is 1. The van der Waals surface area contributed by atoms with E-state index < -0.39 is 0 Å². The summed E-state index contributed by atoms with van der Waals surface area (Å²) in [6.45, 7) is 1.14. The van der Waals surface area contributed by atoms with Crippen LogP contribution in [0.25, 0.3) is 0 Å². The lowest BCUT2D eigenvalue weighted by atomic mass is 10.0. The molecule has 0 radical (unpaired) electrons. The standard InChI is InChI=1S/C20H20N2/c1-3-8-16(9-4-1)14-19(18-12-7-13-21-18)22-15-20(22)17-10-5-2-6-11-17/h1-13,19-21H,14-15H2/t19-,20+,22?/m0/s1. The van der Waals surface area contributed by atoms with Crippen molar-refractivity contribution in [2.45, 2.75) is 18.5 Å². The third-order valence-electron chi connectivity index (χ3n) is 4.49. The number of hydrogen-bond acceptors (Lipinski definition) is 1. The maximum Gasteiger partial charge on any atom is 0.0546 e. The molecule has 1 fully saturated rings. The van der Waals surface area contributed by atoms with E-state index in [4.69, 9.17) is 0 Å². The molecule has 110 valence electrons. The fraction of sp³-hybridized carbons (Fsp3) is 0.200. The lowest BCUT2D eigenvalue weighted by Gasteiger charge is -2.19. The number of nitrogens with zero attached hydrogens (tertiary/aromatic N) is 1. The Morgan fingerprint density at radius 2 is 1.64 bits per heavy atom. The monoisotopic (exact) mass is 288 g/mol. The van der Waals surface area contributed by atoms with Crippen LogP contribution in [-0.4, -0.2) is 16.4 Å². The summed E-state index contributed by atoms with van der Waals surface area (Å²) >= 11 is 0. The Morgan fingerprint density at radius 1 is 0.909 bits per heavy atom. The largest absolute Gasteiger partial charge is 0.364 e. The minimum absolute atomic E-state index is 0.419. The van der Waals surface area contributed by atoms with Crippen molar-refractivity contribution in [3.05, 3.63) is 95.8 Å². The summed E-state index contributed by atoms with van der Waals surface area (Å²) < 4.78 is 0. The van der Waals surface area contributed by atoms with Gasteiger partial charge in [0.15, 0.2) is 0 Å². The van der Waals surface area contributed by atoms with Gasteiger partial charge in [0.2, 0.25) is 0 Å². The SMILES string of the molecule is c1ccc(C[C@@H](c2ccc[nH]2)N2C[C@@H]2c2ccccc2)cc1. The van der Waals surface area contributed by atoms with Gasteiger partial charge in [0, 0.05) is 24.5 Å². The molecule has 2 aromatic carbocycles. The average Bonchev–Trinajstić information content (AvgIpc) is 3.19. The van der Waals surface area contributed by atoms with Crippen molar-refractivity contribution in [3.8, 4) is 0 Å². The first-order valence-electron chi connectivity index (χ1n) is 7.90. The van der Waals surface area contributed by atoms with Gasteiger partial charge in [-0.3, -0.25) is 4.90 Å². The number of aromatic amines is 1. The van der Waals surface area contributed by atoms with E-state index in [9.17, 15) is 0 Å². The van der Waals surface area contributed by atoms with E-state index in [0.29, 0.717) is 12.1 Å². The van der Waals surface area contributed by atoms with E-state index in [2.05, 4.69) is 82.7 Å². The van der Waals surface area contributed by atoms with Crippen LogP contribution >= 0.6 is 0 Å². The summed E-state index contributed by atoms with van der Waals surface area (Å²) in [5.74, 6) is 0. The van der Waals surface area contributed by atoms with Gasteiger partial charge in [0.25, 0.3) is 0 Å². The van der Waals surface area contributed by atoms with Crippen LogP contribution in [0, 0.1) is 0 Å². The summed E-state index contributed by atoms with van der Waals surface area (Å²) in [6, 6.07) is 26.9. The Hall–Kier alpha value is -2.32. The van der Waals surface area contributed by atoms with E-state index in [1.54, 1.807) is 0 Å². The molecule has 0 amide bonds. The Morgan fingerprint density at radius 3 is 2.32 bits per heavy atom. The molecule has 2 nitrogen and oxygen atoms in total. The van der Waals surface area contributed by atoms with Crippen LogP contribution in [0.4, 0.5) is 0 Å². The molecule has 0 saturated carbocycles. The minimum atomic E-state index is 0.419. The first-order chi connectivity index (χ1) is 10.9. The molecule has 1 N–H and O–H groups in total. The van der Waals surface area contributed by atoms with Crippen molar-refractivity contribution in [1.29, 1.82) is 0 Å². The molecule has 2 heterocycles. The second-order valence-electron chi connectivity index (χ2n) is 5.95. The zero-order valence-corrected chi connectivity index (χ0v) is 12.5. The fourth-order valence-electron chi connectivity index (χ4n) is 3.26. The van der Waals surface area contributed by atoms with E-state index >= 15 is 0 Å². The van der Waals surface area contributed by atoms with E-state index in [-0.39, 0.29) is 0 Å². The quantitative estimate of drug-likeness (QED) is 0.691. The van der Waals surface area contributed by atoms with Crippen LogP contribution in [0.5, 0.6) is 0 Å². The summed E-state index contributed by atoms with van der Waals surface area (Å²) in [5.41, 5.74) is 4.12. The number of hydrogen-bond donors (Lipinski definition) is 1. The van der Waals surface area contributed by atoms with E-state index in [1.165, 1.54) is 16.8 Å². The van der Waals surface area contributed by atoms with Crippen LogP contribution in [0.1, 0.15) is 28.9 Å². The summed E-state index contributed by atoms with van der Waals surface area (Å²) in [5, 5.41) is 0. The van der Waals surface area contributed by atoms with Crippen LogP contribution in [0.15, 0.2) is 79.0 Å². The number of benzene rings is 2. The molecule has 2 heteroatoms. The maximum atomic E-state index is 3.41. The predicted molar refractivity (Wildman–Crippen MR) is 89.6 cm³/mol. The van der Waals surface area contributed by atoms with Gasteiger partial charge in [-0.15, -0.1) is 0 Å². The van der Waals surface area contributed by atoms with Gasteiger partial charge >= 0.3 is 0 Å². The maximum absolute atomic E-state index is 3.41. The highest BCUT2D eigenvalue weighted by Gasteiger charge is 2.41. The molecular formula is C20H20N2. The molecule has 0 bridgehead atoms. The second-order valence-corrected chi connectivity index (χ2v) is 5.95. The lowest BCUT2D eigenvalue weighted by molar-refractivity contribution is 0.372. The molecule has 4 rings (SSSR count). The average molecular weight is 288 g/mol. The fourth-order valence-corrected chi connectivity index (χ4v) is 3.26. The topological polar surface area (TPSA) is 18.8 Å². The lowest BCUT2D eigenvalue weighted by Crippen LogP contribution is -2.14. The molecule has 0 spiro atoms. The Kier molecular flexibility index (Phi) is 3.53. The Balaban J connectivity index is 1.57. The third-order valence-corrected chi connectivity index (χ3v) is 4.49. The molecule has 1 aliphatic heterocycles. The number of H-pyrrole nitrogens is 1. The Bertz CT molecular complexity index is 704. The predicted octanol–water partition coefficient (Wildman–Crippen LogP) is 4.36. The number of rotatable bonds is 5. The van der Waals surface area contributed by atoms with Gasteiger partial charge in [-0.25, -0.2) is 0 Å². The van der Waals surface area contributed by atoms with Crippen LogP contribution in [0.2, 0.25) is 0 Å². The van der Waals surface area contributed by atoms with Crippen molar-refractivity contribution in [3.63, 3.8) is 0 Å². The van der Waals surface area contributed by atoms with Gasteiger partial charge in [0.05, 0.1) is 6.04 Å². The van der Waals surface area contributed by atoms with Gasteiger partial charge in [-0.2, -0.15) is 0 Å². The molecular weight excluding hydrogens is 268 g/mol. The molecule has 1 saturated heterocycles. The third kappa shape index (κ3) is 2.70. The highest BCUT2D eigenvalue weighted by atomic mass is 15.3.